The standard InChI is InChI=1S/C15H28N4OS/c1-12-10-15(11-12,13(16)21)14(20)19-8-6-18(7-9-19)5-4-17(2)3/h12H,4-11H2,1-3H3,(H2,16,21). The van der Waals surface area contributed by atoms with E-state index in [1.54, 1.807) is 0 Å². The second-order valence-electron chi connectivity index (χ2n) is 6.90. The van der Waals surface area contributed by atoms with Crippen molar-refractivity contribution in [2.75, 3.05) is 53.4 Å². The van der Waals surface area contributed by atoms with E-state index in [2.05, 4.69) is 30.8 Å². The lowest BCUT2D eigenvalue weighted by molar-refractivity contribution is -0.145. The number of carbonyl (C=O) groups is 1. The van der Waals surface area contributed by atoms with Crippen LogP contribution in [0.25, 0.3) is 0 Å². The van der Waals surface area contributed by atoms with Crippen LogP contribution >= 0.6 is 12.2 Å². The van der Waals surface area contributed by atoms with E-state index in [0.717, 1.165) is 52.1 Å². The second kappa shape index (κ2) is 6.58. The van der Waals surface area contributed by atoms with E-state index in [-0.39, 0.29) is 5.91 Å². The number of thiocarbonyl (C=S) groups is 1. The summed E-state index contributed by atoms with van der Waals surface area (Å²) >= 11 is 5.19. The van der Waals surface area contributed by atoms with E-state index in [1.807, 2.05) is 4.90 Å². The number of likely N-dealkylation sites (N-methyl/N-ethyl adjacent to an activating group) is 1. The summed E-state index contributed by atoms with van der Waals surface area (Å²) in [7, 11) is 4.17. The number of rotatable bonds is 5. The van der Waals surface area contributed by atoms with E-state index >= 15 is 0 Å². The first-order valence-electron chi connectivity index (χ1n) is 7.81. The third-order valence-corrected chi connectivity index (χ3v) is 5.19. The number of hydrogen-bond acceptors (Lipinski definition) is 4. The number of piperazine rings is 1. The Kier molecular flexibility index (Phi) is 5.22. The van der Waals surface area contributed by atoms with Crippen LogP contribution in [-0.2, 0) is 4.79 Å². The van der Waals surface area contributed by atoms with Crippen molar-refractivity contribution in [3.8, 4) is 0 Å². The molecule has 0 aromatic heterocycles. The van der Waals surface area contributed by atoms with Gasteiger partial charge in [-0.05, 0) is 32.9 Å². The molecule has 0 radical (unpaired) electrons. The number of hydrogen-bond donors (Lipinski definition) is 1. The predicted octanol–water partition coefficient (Wildman–Crippen LogP) is 0.395. The third-order valence-electron chi connectivity index (χ3n) is 4.80. The first-order valence-corrected chi connectivity index (χ1v) is 8.22. The van der Waals surface area contributed by atoms with Gasteiger partial charge in [0.25, 0.3) is 0 Å². The predicted molar refractivity (Wildman–Crippen MR) is 89.2 cm³/mol. The van der Waals surface area contributed by atoms with Crippen molar-refractivity contribution < 1.29 is 4.79 Å². The molecular weight excluding hydrogens is 284 g/mol. The summed E-state index contributed by atoms with van der Waals surface area (Å²) in [5, 5.41) is 0. The molecule has 0 aromatic carbocycles. The van der Waals surface area contributed by atoms with Gasteiger partial charge in [-0.1, -0.05) is 19.1 Å². The largest absolute Gasteiger partial charge is 0.392 e. The quantitative estimate of drug-likeness (QED) is 0.745. The SMILES string of the molecule is CC1CC(C(=O)N2CCN(CCN(C)C)CC2)(C(N)=S)C1. The first-order chi connectivity index (χ1) is 9.85. The van der Waals surface area contributed by atoms with Crippen LogP contribution in [0.2, 0.25) is 0 Å². The van der Waals surface area contributed by atoms with Gasteiger partial charge in [0, 0.05) is 39.3 Å². The monoisotopic (exact) mass is 312 g/mol. The van der Waals surface area contributed by atoms with Crippen molar-refractivity contribution in [2.45, 2.75) is 19.8 Å². The summed E-state index contributed by atoms with van der Waals surface area (Å²) in [5.74, 6) is 0.720. The number of carbonyl (C=O) groups excluding carboxylic acids is 1. The average Bonchev–Trinajstić information content (AvgIpc) is 2.41. The van der Waals surface area contributed by atoms with E-state index in [1.165, 1.54) is 0 Å². The second-order valence-corrected chi connectivity index (χ2v) is 7.34. The van der Waals surface area contributed by atoms with Gasteiger partial charge in [-0.2, -0.15) is 0 Å². The highest BCUT2D eigenvalue weighted by atomic mass is 32.1. The van der Waals surface area contributed by atoms with E-state index in [0.29, 0.717) is 10.9 Å². The van der Waals surface area contributed by atoms with Gasteiger partial charge in [0.05, 0.1) is 10.4 Å². The summed E-state index contributed by atoms with van der Waals surface area (Å²) in [5.41, 5.74) is 5.34. The third kappa shape index (κ3) is 3.55. The molecule has 1 aliphatic heterocycles. The van der Waals surface area contributed by atoms with Gasteiger partial charge in [0.15, 0.2) is 0 Å². The van der Waals surface area contributed by atoms with Crippen LogP contribution in [0, 0.1) is 11.3 Å². The van der Waals surface area contributed by atoms with Crippen LogP contribution in [0.3, 0.4) is 0 Å². The Hall–Kier alpha value is -0.720. The van der Waals surface area contributed by atoms with Crippen LogP contribution in [0.5, 0.6) is 0 Å². The minimum atomic E-state index is -0.541. The Labute approximate surface area is 133 Å². The van der Waals surface area contributed by atoms with Crippen LogP contribution < -0.4 is 5.73 Å². The van der Waals surface area contributed by atoms with Crippen molar-refractivity contribution in [2.24, 2.45) is 17.1 Å². The van der Waals surface area contributed by atoms with Gasteiger partial charge in [-0.15, -0.1) is 0 Å². The Bertz CT molecular complexity index is 398. The highest BCUT2D eigenvalue weighted by Crippen LogP contribution is 2.47. The zero-order valence-corrected chi connectivity index (χ0v) is 14.3. The Morgan fingerprint density at radius 2 is 1.86 bits per heavy atom. The van der Waals surface area contributed by atoms with E-state index < -0.39 is 5.41 Å². The van der Waals surface area contributed by atoms with E-state index in [4.69, 9.17) is 18.0 Å². The van der Waals surface area contributed by atoms with Gasteiger partial charge in [0.1, 0.15) is 0 Å². The summed E-state index contributed by atoms with van der Waals surface area (Å²) in [6, 6.07) is 0. The fourth-order valence-corrected chi connectivity index (χ4v) is 3.68. The van der Waals surface area contributed by atoms with Gasteiger partial charge >= 0.3 is 0 Å². The summed E-state index contributed by atoms with van der Waals surface area (Å²) < 4.78 is 0. The van der Waals surface area contributed by atoms with Crippen molar-refractivity contribution in [1.82, 2.24) is 14.7 Å². The molecule has 0 bridgehead atoms. The lowest BCUT2D eigenvalue weighted by atomic mass is 9.61. The van der Waals surface area contributed by atoms with Crippen LogP contribution in [-0.4, -0.2) is 79.0 Å². The molecule has 120 valence electrons. The minimum absolute atomic E-state index is 0.167. The highest BCUT2D eigenvalue weighted by Gasteiger charge is 2.52. The highest BCUT2D eigenvalue weighted by molar-refractivity contribution is 7.80. The molecule has 0 atom stereocenters. The maximum atomic E-state index is 12.8. The smallest absolute Gasteiger partial charge is 0.235 e. The molecule has 2 aliphatic rings. The molecule has 0 aromatic rings. The molecule has 6 heteroatoms. The summed E-state index contributed by atoms with van der Waals surface area (Å²) in [4.78, 5) is 19.8. The molecule has 5 nitrogen and oxygen atoms in total. The molecule has 1 saturated carbocycles. The van der Waals surface area contributed by atoms with Crippen molar-refractivity contribution in [1.29, 1.82) is 0 Å². The molecule has 1 heterocycles. The topological polar surface area (TPSA) is 52.8 Å². The normalized spacial score (nSPS) is 30.3. The Balaban J connectivity index is 1.87. The maximum Gasteiger partial charge on any atom is 0.235 e. The zero-order valence-electron chi connectivity index (χ0n) is 13.5. The molecular formula is C15H28N4OS. The fraction of sp³-hybridized carbons (Fsp3) is 0.867. The molecule has 1 saturated heterocycles. The lowest BCUT2D eigenvalue weighted by Crippen LogP contribution is -2.60. The Morgan fingerprint density at radius 3 is 2.29 bits per heavy atom. The zero-order chi connectivity index (χ0) is 15.6. The van der Waals surface area contributed by atoms with Crippen molar-refractivity contribution >= 4 is 23.1 Å². The van der Waals surface area contributed by atoms with Gasteiger partial charge in [0.2, 0.25) is 5.91 Å². The average molecular weight is 312 g/mol. The summed E-state index contributed by atoms with van der Waals surface area (Å²) in [6.07, 6.45) is 1.64. The number of nitrogens with zero attached hydrogens (tertiary/aromatic N) is 3. The molecule has 1 amide bonds. The molecule has 21 heavy (non-hydrogen) atoms. The first kappa shape index (κ1) is 16.6. The van der Waals surface area contributed by atoms with Gasteiger partial charge < -0.3 is 15.5 Å². The van der Waals surface area contributed by atoms with Gasteiger partial charge in [-0.3, -0.25) is 9.69 Å². The van der Waals surface area contributed by atoms with Gasteiger partial charge in [-0.25, -0.2) is 0 Å². The van der Waals surface area contributed by atoms with Crippen molar-refractivity contribution in [3.05, 3.63) is 0 Å². The minimum Gasteiger partial charge on any atom is -0.392 e. The fourth-order valence-electron chi connectivity index (χ4n) is 3.43. The molecule has 2 rings (SSSR count). The molecule has 2 N–H and O–H groups in total. The number of nitrogens with two attached hydrogens (primary N) is 1. The van der Waals surface area contributed by atoms with Crippen LogP contribution in [0.1, 0.15) is 19.8 Å². The summed E-state index contributed by atoms with van der Waals surface area (Å²) in [6.45, 7) is 7.76. The molecule has 0 spiro atoms. The molecule has 1 aliphatic carbocycles. The van der Waals surface area contributed by atoms with Crippen LogP contribution in [0.4, 0.5) is 0 Å². The lowest BCUT2D eigenvalue weighted by Gasteiger charge is -2.48. The van der Waals surface area contributed by atoms with Crippen molar-refractivity contribution in [3.63, 3.8) is 0 Å². The maximum absolute atomic E-state index is 12.8. The van der Waals surface area contributed by atoms with E-state index in [9.17, 15) is 4.79 Å². The Morgan fingerprint density at radius 1 is 1.29 bits per heavy atom. The van der Waals surface area contributed by atoms with Crippen LogP contribution in [0.15, 0.2) is 0 Å². The molecule has 2 fully saturated rings. The number of amides is 1. The molecule has 0 unspecified atom stereocenters.